The number of pyridine rings is 1. The van der Waals surface area contributed by atoms with E-state index in [2.05, 4.69) is 15.3 Å². The Morgan fingerprint density at radius 1 is 1.00 bits per heavy atom. The first-order valence-electron chi connectivity index (χ1n) is 5.39. The third-order valence-electron chi connectivity index (χ3n) is 2.68. The van der Waals surface area contributed by atoms with E-state index in [1.807, 2.05) is 0 Å². The van der Waals surface area contributed by atoms with E-state index >= 15 is 0 Å². The van der Waals surface area contributed by atoms with E-state index in [4.69, 9.17) is 0 Å². The van der Waals surface area contributed by atoms with Gasteiger partial charge in [0, 0.05) is 12.4 Å². The van der Waals surface area contributed by atoms with E-state index in [0.29, 0.717) is 11.2 Å². The van der Waals surface area contributed by atoms with Crippen molar-refractivity contribution in [2.45, 2.75) is 6.18 Å². The molecule has 0 atom stereocenters. The van der Waals surface area contributed by atoms with Crippen molar-refractivity contribution in [1.29, 1.82) is 0 Å². The molecule has 4 nitrogen and oxygen atoms in total. The number of hydrogen-bond donors (Lipinski definition) is 0. The Kier molecular flexibility index (Phi) is 2.48. The number of hydrogen-bond acceptors (Lipinski definition) is 3. The van der Waals surface area contributed by atoms with Crippen LogP contribution in [0.3, 0.4) is 0 Å². The summed E-state index contributed by atoms with van der Waals surface area (Å²) in [5, 5.41) is 7.62. The zero-order valence-corrected chi connectivity index (χ0v) is 9.46. The van der Waals surface area contributed by atoms with Crippen LogP contribution in [0.4, 0.5) is 13.2 Å². The molecular weight excluding hydrogens is 257 g/mol. The van der Waals surface area contributed by atoms with Crippen LogP contribution < -0.4 is 0 Å². The van der Waals surface area contributed by atoms with E-state index < -0.39 is 11.7 Å². The summed E-state index contributed by atoms with van der Waals surface area (Å²) in [5.41, 5.74) is 0.671. The van der Waals surface area contributed by atoms with Gasteiger partial charge in [-0.25, -0.2) is 4.68 Å². The van der Waals surface area contributed by atoms with Crippen LogP contribution in [0, 0.1) is 0 Å². The highest BCUT2D eigenvalue weighted by atomic mass is 19.4. The summed E-state index contributed by atoms with van der Waals surface area (Å²) in [4.78, 5) is 3.87. The molecule has 0 N–H and O–H groups in total. The SMILES string of the molecule is FC(F)(F)c1ccc2c(c1)nnn2-c1ccncc1. The Labute approximate surface area is 105 Å². The van der Waals surface area contributed by atoms with Crippen LogP contribution in [0.25, 0.3) is 16.7 Å². The first kappa shape index (κ1) is 11.6. The lowest BCUT2D eigenvalue weighted by Crippen LogP contribution is -2.04. The maximum Gasteiger partial charge on any atom is 0.416 e. The number of benzene rings is 1. The summed E-state index contributed by atoms with van der Waals surface area (Å²) in [5.74, 6) is 0. The van der Waals surface area contributed by atoms with Gasteiger partial charge in [-0.05, 0) is 30.3 Å². The van der Waals surface area contributed by atoms with E-state index in [-0.39, 0.29) is 5.52 Å². The summed E-state index contributed by atoms with van der Waals surface area (Å²) in [6.45, 7) is 0. The fourth-order valence-electron chi connectivity index (χ4n) is 1.78. The normalized spacial score (nSPS) is 11.9. The number of alkyl halides is 3. The fraction of sp³-hybridized carbons (Fsp3) is 0.0833. The topological polar surface area (TPSA) is 43.6 Å². The van der Waals surface area contributed by atoms with Gasteiger partial charge in [-0.2, -0.15) is 13.2 Å². The molecule has 96 valence electrons. The Morgan fingerprint density at radius 3 is 2.42 bits per heavy atom. The summed E-state index contributed by atoms with van der Waals surface area (Å²) >= 11 is 0. The molecule has 2 aromatic heterocycles. The second-order valence-corrected chi connectivity index (χ2v) is 3.91. The minimum absolute atomic E-state index is 0.201. The molecule has 0 fully saturated rings. The number of rotatable bonds is 1. The molecule has 0 unspecified atom stereocenters. The molecule has 0 spiro atoms. The fourth-order valence-corrected chi connectivity index (χ4v) is 1.78. The van der Waals surface area contributed by atoms with Crippen LogP contribution in [0.1, 0.15) is 5.56 Å². The van der Waals surface area contributed by atoms with Crippen LogP contribution in [-0.4, -0.2) is 20.0 Å². The standard InChI is InChI=1S/C12H7F3N4/c13-12(14,15)8-1-2-11-10(7-8)17-18-19(11)9-3-5-16-6-4-9/h1-7H. The monoisotopic (exact) mass is 264 g/mol. The highest BCUT2D eigenvalue weighted by molar-refractivity contribution is 5.77. The quantitative estimate of drug-likeness (QED) is 0.678. The third kappa shape index (κ3) is 2.03. The smallest absolute Gasteiger partial charge is 0.265 e. The van der Waals surface area contributed by atoms with E-state index in [1.54, 1.807) is 24.5 Å². The molecule has 0 radical (unpaired) electrons. The third-order valence-corrected chi connectivity index (χ3v) is 2.68. The number of aromatic nitrogens is 4. The average Bonchev–Trinajstić information content (AvgIpc) is 2.81. The molecule has 19 heavy (non-hydrogen) atoms. The van der Waals surface area contributed by atoms with E-state index in [9.17, 15) is 13.2 Å². The van der Waals surface area contributed by atoms with E-state index in [0.717, 1.165) is 12.1 Å². The summed E-state index contributed by atoms with van der Waals surface area (Å²) in [6.07, 6.45) is -1.23. The first-order chi connectivity index (χ1) is 9.05. The molecule has 0 aliphatic heterocycles. The Morgan fingerprint density at radius 2 is 1.74 bits per heavy atom. The molecule has 2 heterocycles. The van der Waals surface area contributed by atoms with Crippen molar-refractivity contribution in [2.24, 2.45) is 0 Å². The predicted molar refractivity (Wildman–Crippen MR) is 61.7 cm³/mol. The molecule has 3 rings (SSSR count). The molecule has 0 aliphatic rings. The van der Waals surface area contributed by atoms with Crippen LogP contribution in [0.15, 0.2) is 42.7 Å². The molecule has 0 amide bonds. The van der Waals surface area contributed by atoms with Gasteiger partial charge in [0.05, 0.1) is 16.8 Å². The molecule has 0 saturated heterocycles. The minimum Gasteiger partial charge on any atom is -0.265 e. The lowest BCUT2D eigenvalue weighted by atomic mass is 10.2. The number of nitrogens with zero attached hydrogens (tertiary/aromatic N) is 4. The Bertz CT molecular complexity index is 719. The van der Waals surface area contributed by atoms with Gasteiger partial charge in [-0.1, -0.05) is 5.21 Å². The van der Waals surface area contributed by atoms with Gasteiger partial charge in [0.15, 0.2) is 0 Å². The molecule has 0 saturated carbocycles. The molecule has 0 bridgehead atoms. The van der Waals surface area contributed by atoms with Crippen molar-refractivity contribution in [3.8, 4) is 5.69 Å². The number of fused-ring (bicyclic) bond motifs is 1. The van der Waals surface area contributed by atoms with Gasteiger partial charge in [0.2, 0.25) is 0 Å². The van der Waals surface area contributed by atoms with Crippen molar-refractivity contribution in [1.82, 2.24) is 20.0 Å². The van der Waals surface area contributed by atoms with Gasteiger partial charge in [0.1, 0.15) is 5.52 Å². The predicted octanol–water partition coefficient (Wildman–Crippen LogP) is 2.83. The minimum atomic E-state index is -4.38. The second kappa shape index (κ2) is 4.04. The molecular formula is C12H7F3N4. The molecule has 7 heteroatoms. The van der Waals surface area contributed by atoms with Gasteiger partial charge in [-0.15, -0.1) is 5.10 Å². The lowest BCUT2D eigenvalue weighted by molar-refractivity contribution is -0.137. The van der Waals surface area contributed by atoms with Crippen molar-refractivity contribution >= 4 is 11.0 Å². The maximum atomic E-state index is 12.6. The van der Waals surface area contributed by atoms with E-state index in [1.165, 1.54) is 10.7 Å². The summed E-state index contributed by atoms with van der Waals surface area (Å²) < 4.78 is 39.2. The van der Waals surface area contributed by atoms with Crippen molar-refractivity contribution in [3.63, 3.8) is 0 Å². The van der Waals surface area contributed by atoms with Crippen LogP contribution in [0.2, 0.25) is 0 Å². The molecule has 3 aromatic rings. The zero-order valence-electron chi connectivity index (χ0n) is 9.46. The molecule has 1 aromatic carbocycles. The van der Waals surface area contributed by atoms with Crippen molar-refractivity contribution in [3.05, 3.63) is 48.3 Å². The average molecular weight is 264 g/mol. The largest absolute Gasteiger partial charge is 0.416 e. The van der Waals surface area contributed by atoms with Crippen molar-refractivity contribution in [2.75, 3.05) is 0 Å². The van der Waals surface area contributed by atoms with Crippen LogP contribution in [-0.2, 0) is 6.18 Å². The van der Waals surface area contributed by atoms with Crippen LogP contribution in [0.5, 0.6) is 0 Å². The maximum absolute atomic E-state index is 12.6. The zero-order chi connectivity index (χ0) is 13.5. The van der Waals surface area contributed by atoms with Gasteiger partial charge in [0.25, 0.3) is 0 Å². The van der Waals surface area contributed by atoms with Gasteiger partial charge in [-0.3, -0.25) is 4.98 Å². The Hall–Kier alpha value is -2.44. The second-order valence-electron chi connectivity index (χ2n) is 3.91. The van der Waals surface area contributed by atoms with Gasteiger partial charge >= 0.3 is 6.18 Å². The lowest BCUT2D eigenvalue weighted by Gasteiger charge is -2.06. The van der Waals surface area contributed by atoms with Crippen LogP contribution >= 0.6 is 0 Å². The highest BCUT2D eigenvalue weighted by Crippen LogP contribution is 2.31. The molecule has 0 aliphatic carbocycles. The van der Waals surface area contributed by atoms with Crippen molar-refractivity contribution < 1.29 is 13.2 Å². The number of halogens is 3. The summed E-state index contributed by atoms with van der Waals surface area (Å²) in [6, 6.07) is 6.76. The van der Waals surface area contributed by atoms with Gasteiger partial charge < -0.3 is 0 Å². The Balaban J connectivity index is 2.16. The summed E-state index contributed by atoms with van der Waals surface area (Å²) in [7, 11) is 0. The first-order valence-corrected chi connectivity index (χ1v) is 5.39. The highest BCUT2D eigenvalue weighted by Gasteiger charge is 2.31.